The average molecular weight is 653 g/mol. The summed E-state index contributed by atoms with van der Waals surface area (Å²) in [6.45, 7) is 41.0. The van der Waals surface area contributed by atoms with Gasteiger partial charge in [-0.3, -0.25) is 0 Å². The summed E-state index contributed by atoms with van der Waals surface area (Å²) in [5.74, 6) is 1.47. The van der Waals surface area contributed by atoms with Crippen molar-refractivity contribution in [3.05, 3.63) is 70.3 Å². The molecule has 1 aliphatic carbocycles. The second-order valence-electron chi connectivity index (χ2n) is 11.9. The van der Waals surface area contributed by atoms with Crippen LogP contribution < -0.4 is 5.30 Å². The van der Waals surface area contributed by atoms with Gasteiger partial charge >= 0.3 is 160 Å². The van der Waals surface area contributed by atoms with Crippen LogP contribution in [0.1, 0.15) is 114 Å². The van der Waals surface area contributed by atoms with Crippen molar-refractivity contribution in [1.82, 2.24) is 0 Å². The normalized spacial score (nSPS) is 14.5. The number of allylic oxidation sites excluding steroid dienone is 4. The van der Waals surface area contributed by atoms with Crippen molar-refractivity contribution in [1.29, 1.82) is 0 Å². The van der Waals surface area contributed by atoms with Gasteiger partial charge in [-0.1, -0.05) is 18.1 Å². The van der Waals surface area contributed by atoms with Crippen molar-refractivity contribution in [3.8, 4) is 0 Å². The predicted octanol–water partition coefficient (Wildman–Crippen LogP) is 8.54. The van der Waals surface area contributed by atoms with Crippen molar-refractivity contribution >= 4 is 11.5 Å². The molecule has 0 aliphatic heterocycles. The van der Waals surface area contributed by atoms with E-state index >= 15 is 0 Å². The van der Waals surface area contributed by atoms with E-state index in [0.717, 1.165) is 6.21 Å². The zero-order valence-electron chi connectivity index (χ0n) is 23.9. The Morgan fingerprint density at radius 2 is 0.882 bits per heavy atom. The van der Waals surface area contributed by atoms with Crippen LogP contribution in [-0.4, -0.2) is 0 Å². The SMILES string of the molecule is CC(C)(C)c1cc(C(C)(C)C)c([PH+]=[W])c(C(C)(C)C)c1.C[C]1C(C)=C(C)C(C)=C1C.[C-]#[O+].[C-]#[O+]. The summed E-state index contributed by atoms with van der Waals surface area (Å²) >= 11 is 1.68. The minimum atomic E-state index is 0.211. The molecular formula is C30H45O2PW+. The van der Waals surface area contributed by atoms with E-state index in [2.05, 4.69) is 122 Å². The third kappa shape index (κ3) is 9.32. The van der Waals surface area contributed by atoms with Crippen LogP contribution in [0.2, 0.25) is 0 Å². The topological polar surface area (TPSA) is 39.8 Å². The summed E-state index contributed by atoms with van der Waals surface area (Å²) in [5, 5.41) is 1.62. The molecule has 0 saturated carbocycles. The van der Waals surface area contributed by atoms with E-state index in [9.17, 15) is 0 Å². The van der Waals surface area contributed by atoms with Crippen molar-refractivity contribution in [3.63, 3.8) is 0 Å². The molecule has 0 amide bonds. The molecule has 0 fully saturated rings. The Morgan fingerprint density at radius 3 is 1.03 bits per heavy atom. The van der Waals surface area contributed by atoms with E-state index in [0.29, 0.717) is 0 Å². The second kappa shape index (κ2) is 14.0. The molecule has 34 heavy (non-hydrogen) atoms. The van der Waals surface area contributed by atoms with Crippen molar-refractivity contribution in [2.75, 3.05) is 0 Å². The maximum absolute atomic E-state index is 7.50. The van der Waals surface area contributed by atoms with E-state index in [1.807, 2.05) is 0 Å². The molecule has 1 unspecified atom stereocenters. The molecule has 1 aliphatic rings. The van der Waals surface area contributed by atoms with Crippen LogP contribution >= 0.6 is 6.21 Å². The van der Waals surface area contributed by atoms with Gasteiger partial charge in [0.05, 0.1) is 0 Å². The Bertz CT molecular complexity index is 890. The van der Waals surface area contributed by atoms with Crippen molar-refractivity contribution in [2.24, 2.45) is 0 Å². The van der Waals surface area contributed by atoms with Crippen LogP contribution in [0.4, 0.5) is 0 Å². The molecule has 4 heteroatoms. The Kier molecular flexibility index (Phi) is 14.6. The van der Waals surface area contributed by atoms with E-state index in [-0.39, 0.29) is 16.2 Å². The van der Waals surface area contributed by atoms with Crippen LogP contribution in [0, 0.1) is 19.2 Å². The molecule has 0 aromatic heterocycles. The van der Waals surface area contributed by atoms with Gasteiger partial charge in [-0.2, -0.15) is 0 Å². The summed E-state index contributed by atoms with van der Waals surface area (Å²) in [7, 11) is 0. The monoisotopic (exact) mass is 652 g/mol. The molecule has 0 N–H and O–H groups in total. The molecule has 1 atom stereocenters. The predicted molar refractivity (Wildman–Crippen MR) is 144 cm³/mol. The molecule has 0 heterocycles. The molecule has 1 aromatic rings. The average Bonchev–Trinajstić information content (AvgIpc) is 2.91. The molecule has 0 spiro atoms. The molecule has 1 aromatic carbocycles. The fourth-order valence-corrected chi connectivity index (χ4v) is 7.26. The standard InChI is InChI=1S/C18H30P.C10H15.2CO.W/c1-16(2,3)12-10-13(17(4,5)6)15(19)14(11-12)18(7,8)9;1-6-7(2)9(4)10(5)8(6)3;2*1-2;/h10-11,19H,1-9H3;1-5H3;;;/q-1;;;;+2. The first kappa shape index (κ1) is 35.3. The molecular weight excluding hydrogens is 607 g/mol. The Balaban J connectivity index is 0. The van der Waals surface area contributed by atoms with Crippen molar-refractivity contribution < 1.29 is 28.1 Å². The van der Waals surface area contributed by atoms with E-state index < -0.39 is 0 Å². The number of hydrogen-bond donors (Lipinski definition) is 0. The van der Waals surface area contributed by atoms with Gasteiger partial charge in [-0.15, -0.1) is 0 Å². The van der Waals surface area contributed by atoms with Gasteiger partial charge in [0, 0.05) is 5.92 Å². The molecule has 2 rings (SSSR count). The first-order valence-corrected chi connectivity index (χ1v) is 16.8. The van der Waals surface area contributed by atoms with Gasteiger partial charge in [0.1, 0.15) is 0 Å². The van der Waals surface area contributed by atoms with Crippen LogP contribution in [0.3, 0.4) is 0 Å². The van der Waals surface area contributed by atoms with E-state index in [1.165, 1.54) is 33.8 Å². The third-order valence-electron chi connectivity index (χ3n) is 6.53. The minimum absolute atomic E-state index is 0.211. The van der Waals surface area contributed by atoms with Crippen LogP contribution in [0.5, 0.6) is 0 Å². The third-order valence-corrected chi connectivity index (χ3v) is 9.48. The Morgan fingerprint density at radius 1 is 0.588 bits per heavy atom. The quantitative estimate of drug-likeness (QED) is 0.166. The summed E-state index contributed by atoms with van der Waals surface area (Å²) in [5.41, 5.74) is 11.1. The van der Waals surface area contributed by atoms with Gasteiger partial charge in [-0.25, -0.2) is 0 Å². The summed E-state index contributed by atoms with van der Waals surface area (Å²) < 4.78 is 15.0. The maximum atomic E-state index is 7.50. The number of hydrogen-bond acceptors (Lipinski definition) is 0. The summed E-state index contributed by atoms with van der Waals surface area (Å²) in [6, 6.07) is 4.95. The number of benzene rings is 1. The van der Waals surface area contributed by atoms with Gasteiger partial charge in [-0.05, 0) is 38.8 Å². The Hall–Kier alpha value is -0.832. The van der Waals surface area contributed by atoms with Crippen molar-refractivity contribution in [2.45, 2.75) is 113 Å². The van der Waals surface area contributed by atoms with E-state index in [1.54, 1.807) is 35.2 Å². The molecule has 1 radical (unpaired) electrons. The summed E-state index contributed by atoms with van der Waals surface area (Å²) in [4.78, 5) is 0. The second-order valence-corrected chi connectivity index (χ2v) is 14.8. The first-order valence-electron chi connectivity index (χ1n) is 11.5. The van der Waals surface area contributed by atoms with Crippen LogP contribution in [0.15, 0.2) is 34.4 Å². The molecule has 2 nitrogen and oxygen atoms in total. The van der Waals surface area contributed by atoms with Gasteiger partial charge in [0.2, 0.25) is 0 Å². The molecule has 0 bridgehead atoms. The first-order chi connectivity index (χ1) is 15.3. The van der Waals surface area contributed by atoms with Gasteiger partial charge in [0.15, 0.2) is 0 Å². The zero-order valence-corrected chi connectivity index (χ0v) is 27.8. The van der Waals surface area contributed by atoms with Crippen LogP contribution in [0.25, 0.3) is 0 Å². The summed E-state index contributed by atoms with van der Waals surface area (Å²) in [6.07, 6.45) is 0.938. The fraction of sp³-hybridized carbons (Fsp3) is 0.567. The van der Waals surface area contributed by atoms with E-state index in [4.69, 9.17) is 9.30 Å². The van der Waals surface area contributed by atoms with Gasteiger partial charge < -0.3 is 0 Å². The molecule has 0 saturated heterocycles. The zero-order chi connectivity index (χ0) is 27.8. The fourth-order valence-electron chi connectivity index (χ4n) is 3.77. The Labute approximate surface area is 222 Å². The molecule has 187 valence electrons. The van der Waals surface area contributed by atoms with Gasteiger partial charge in [0.25, 0.3) is 0 Å². The van der Waals surface area contributed by atoms with Crippen LogP contribution in [-0.2, 0) is 44.4 Å². The number of rotatable bonds is 1.